The van der Waals surface area contributed by atoms with Crippen molar-refractivity contribution in [1.82, 2.24) is 14.8 Å². The quantitative estimate of drug-likeness (QED) is 0.784. The van der Waals surface area contributed by atoms with E-state index in [9.17, 15) is 0 Å². The lowest BCUT2D eigenvalue weighted by Gasteiger charge is -2.05. The van der Waals surface area contributed by atoms with Gasteiger partial charge in [-0.25, -0.2) is 4.98 Å². The van der Waals surface area contributed by atoms with Crippen LogP contribution >= 0.6 is 11.3 Å². The smallest absolute Gasteiger partial charge is 0.111 e. The Morgan fingerprint density at radius 2 is 2.20 bits per heavy atom. The molecule has 2 aromatic heterocycles. The van der Waals surface area contributed by atoms with Crippen molar-refractivity contribution in [3.8, 4) is 0 Å². The average molecular weight is 286 g/mol. The maximum Gasteiger partial charge on any atom is 0.111 e. The van der Waals surface area contributed by atoms with E-state index < -0.39 is 0 Å². The Labute approximate surface area is 122 Å². The molecular formula is C15H18N4S. The van der Waals surface area contributed by atoms with Crippen LogP contribution in [-0.4, -0.2) is 14.8 Å². The van der Waals surface area contributed by atoms with Crippen LogP contribution in [-0.2, 0) is 13.0 Å². The third kappa shape index (κ3) is 2.73. The van der Waals surface area contributed by atoms with Gasteiger partial charge in [-0.1, -0.05) is 19.1 Å². The van der Waals surface area contributed by atoms with Crippen molar-refractivity contribution in [2.45, 2.75) is 32.4 Å². The molecule has 0 aliphatic heterocycles. The molecular weight excluding hydrogens is 268 g/mol. The number of rotatable bonds is 5. The second kappa shape index (κ2) is 5.73. The van der Waals surface area contributed by atoms with Gasteiger partial charge in [0.1, 0.15) is 5.01 Å². The molecule has 3 aromatic rings. The molecule has 0 bridgehead atoms. The van der Waals surface area contributed by atoms with E-state index in [1.807, 2.05) is 29.1 Å². The summed E-state index contributed by atoms with van der Waals surface area (Å²) in [7, 11) is 0. The van der Waals surface area contributed by atoms with E-state index in [2.05, 4.69) is 29.3 Å². The van der Waals surface area contributed by atoms with Crippen molar-refractivity contribution in [2.24, 2.45) is 5.73 Å². The molecule has 1 atom stereocenters. The molecule has 4 nitrogen and oxygen atoms in total. The highest BCUT2D eigenvalue weighted by Crippen LogP contribution is 2.26. The molecule has 1 unspecified atom stereocenters. The minimum absolute atomic E-state index is 0.0633. The zero-order chi connectivity index (χ0) is 13.9. The molecule has 0 amide bonds. The summed E-state index contributed by atoms with van der Waals surface area (Å²) in [4.78, 5) is 4.62. The maximum atomic E-state index is 6.28. The second-order valence-electron chi connectivity index (χ2n) is 4.94. The van der Waals surface area contributed by atoms with Crippen molar-refractivity contribution in [2.75, 3.05) is 0 Å². The lowest BCUT2D eigenvalue weighted by atomic mass is 10.1. The highest BCUT2D eigenvalue weighted by atomic mass is 32.1. The van der Waals surface area contributed by atoms with E-state index in [1.54, 1.807) is 11.3 Å². The number of hydrogen-bond donors (Lipinski definition) is 1. The Bertz CT molecular complexity index is 668. The van der Waals surface area contributed by atoms with Crippen LogP contribution in [0.1, 0.15) is 30.0 Å². The van der Waals surface area contributed by atoms with Crippen LogP contribution in [0.5, 0.6) is 0 Å². The second-order valence-corrected chi connectivity index (χ2v) is 6.00. The monoisotopic (exact) mass is 286 g/mol. The van der Waals surface area contributed by atoms with Gasteiger partial charge in [0.05, 0.1) is 22.5 Å². The van der Waals surface area contributed by atoms with Gasteiger partial charge >= 0.3 is 0 Å². The predicted octanol–water partition coefficient (Wildman–Crippen LogP) is 3.15. The van der Waals surface area contributed by atoms with Crippen molar-refractivity contribution < 1.29 is 0 Å². The van der Waals surface area contributed by atoms with Crippen molar-refractivity contribution in [3.63, 3.8) is 0 Å². The summed E-state index contributed by atoms with van der Waals surface area (Å²) in [6, 6.07) is 8.09. The Kier molecular flexibility index (Phi) is 3.80. The van der Waals surface area contributed by atoms with Gasteiger partial charge < -0.3 is 5.73 Å². The fourth-order valence-corrected chi connectivity index (χ4v) is 3.22. The van der Waals surface area contributed by atoms with Crippen LogP contribution in [0.25, 0.3) is 10.2 Å². The van der Waals surface area contributed by atoms with E-state index in [1.165, 1.54) is 10.3 Å². The molecule has 20 heavy (non-hydrogen) atoms. The van der Waals surface area contributed by atoms with Gasteiger partial charge in [0.15, 0.2) is 0 Å². The standard InChI is InChI=1S/C15H18N4S/c1-2-7-19-10-11(9-17-19)8-12(16)15-18-13-5-3-4-6-14(13)20-15/h3-6,9-10,12H,2,7-8,16H2,1H3. The molecule has 2 heterocycles. The first-order chi connectivity index (χ1) is 9.76. The topological polar surface area (TPSA) is 56.7 Å². The Hall–Kier alpha value is -1.72. The third-order valence-corrected chi connectivity index (χ3v) is 4.39. The summed E-state index contributed by atoms with van der Waals surface area (Å²) in [5, 5.41) is 5.33. The number of para-hydroxylation sites is 1. The van der Waals surface area contributed by atoms with Gasteiger partial charge in [-0.15, -0.1) is 11.3 Å². The summed E-state index contributed by atoms with van der Waals surface area (Å²) >= 11 is 1.68. The number of fused-ring (bicyclic) bond motifs is 1. The van der Waals surface area contributed by atoms with Gasteiger partial charge in [-0.05, 0) is 30.5 Å². The maximum absolute atomic E-state index is 6.28. The van der Waals surface area contributed by atoms with Gasteiger partial charge in [0.2, 0.25) is 0 Å². The number of hydrogen-bond acceptors (Lipinski definition) is 4. The molecule has 1 aromatic carbocycles. The van der Waals surface area contributed by atoms with E-state index in [0.29, 0.717) is 0 Å². The lowest BCUT2D eigenvalue weighted by molar-refractivity contribution is 0.601. The number of thiazole rings is 1. The average Bonchev–Trinajstić information content (AvgIpc) is 3.05. The van der Waals surface area contributed by atoms with E-state index in [0.717, 1.165) is 29.9 Å². The zero-order valence-corrected chi connectivity index (χ0v) is 12.3. The van der Waals surface area contributed by atoms with Crippen LogP contribution in [0.2, 0.25) is 0 Å². The number of benzene rings is 1. The summed E-state index contributed by atoms with van der Waals surface area (Å²) in [5.74, 6) is 0. The Balaban J connectivity index is 1.75. The first-order valence-electron chi connectivity index (χ1n) is 6.88. The molecule has 3 rings (SSSR count). The number of aromatic nitrogens is 3. The number of nitrogens with zero attached hydrogens (tertiary/aromatic N) is 3. The first-order valence-corrected chi connectivity index (χ1v) is 7.70. The highest BCUT2D eigenvalue weighted by molar-refractivity contribution is 7.18. The van der Waals surface area contributed by atoms with Gasteiger partial charge in [-0.3, -0.25) is 4.68 Å². The highest BCUT2D eigenvalue weighted by Gasteiger charge is 2.13. The largest absolute Gasteiger partial charge is 0.322 e. The molecule has 0 spiro atoms. The summed E-state index contributed by atoms with van der Waals surface area (Å²) in [6.45, 7) is 3.10. The normalized spacial score (nSPS) is 12.9. The van der Waals surface area contributed by atoms with Gasteiger partial charge in [0.25, 0.3) is 0 Å². The minimum Gasteiger partial charge on any atom is -0.322 e. The molecule has 0 fully saturated rings. The SMILES string of the molecule is CCCn1cc(CC(N)c2nc3ccccc3s2)cn1. The molecule has 5 heteroatoms. The number of nitrogens with two attached hydrogens (primary N) is 1. The van der Waals surface area contributed by atoms with Crippen LogP contribution in [0.15, 0.2) is 36.7 Å². The first kappa shape index (κ1) is 13.3. The predicted molar refractivity (Wildman–Crippen MR) is 82.8 cm³/mol. The van der Waals surface area contributed by atoms with E-state index in [4.69, 9.17) is 5.73 Å². The minimum atomic E-state index is -0.0633. The van der Waals surface area contributed by atoms with Gasteiger partial charge in [0, 0.05) is 12.7 Å². The molecule has 0 radical (unpaired) electrons. The van der Waals surface area contributed by atoms with Crippen LogP contribution in [0, 0.1) is 0 Å². The fourth-order valence-electron chi connectivity index (χ4n) is 2.25. The molecule has 0 saturated carbocycles. The van der Waals surface area contributed by atoms with Gasteiger partial charge in [-0.2, -0.15) is 5.10 Å². The fraction of sp³-hybridized carbons (Fsp3) is 0.333. The van der Waals surface area contributed by atoms with E-state index >= 15 is 0 Å². The van der Waals surface area contributed by atoms with Crippen LogP contribution < -0.4 is 5.73 Å². The lowest BCUT2D eigenvalue weighted by Crippen LogP contribution is -2.12. The summed E-state index contributed by atoms with van der Waals surface area (Å²) < 4.78 is 3.17. The molecule has 0 aliphatic carbocycles. The zero-order valence-electron chi connectivity index (χ0n) is 11.5. The number of aryl methyl sites for hydroxylation is 1. The molecule has 104 valence electrons. The summed E-state index contributed by atoms with van der Waals surface area (Å²) in [6.07, 6.45) is 5.86. The molecule has 2 N–H and O–H groups in total. The van der Waals surface area contributed by atoms with Crippen molar-refractivity contribution in [3.05, 3.63) is 47.2 Å². The summed E-state index contributed by atoms with van der Waals surface area (Å²) in [5.41, 5.74) is 8.49. The van der Waals surface area contributed by atoms with Crippen LogP contribution in [0.4, 0.5) is 0 Å². The Morgan fingerprint density at radius 3 is 3.00 bits per heavy atom. The van der Waals surface area contributed by atoms with Crippen LogP contribution in [0.3, 0.4) is 0 Å². The van der Waals surface area contributed by atoms with E-state index in [-0.39, 0.29) is 6.04 Å². The third-order valence-electron chi connectivity index (χ3n) is 3.22. The molecule has 0 saturated heterocycles. The Morgan fingerprint density at radius 1 is 1.35 bits per heavy atom. The van der Waals surface area contributed by atoms with Crippen molar-refractivity contribution >= 4 is 21.6 Å². The molecule has 0 aliphatic rings. The van der Waals surface area contributed by atoms with Crippen molar-refractivity contribution in [1.29, 1.82) is 0 Å².